The number of rotatable bonds is 3. The second kappa shape index (κ2) is 5.15. The van der Waals surface area contributed by atoms with E-state index in [1.54, 1.807) is 10.9 Å². The predicted molar refractivity (Wildman–Crippen MR) is 68.7 cm³/mol. The Morgan fingerprint density at radius 2 is 1.90 bits per heavy atom. The molecule has 2 aromatic rings. The molecule has 0 unspecified atom stereocenters. The molecule has 20 heavy (non-hydrogen) atoms. The quantitative estimate of drug-likeness (QED) is 0.881. The van der Waals surface area contributed by atoms with Crippen molar-refractivity contribution in [3.05, 3.63) is 41.5 Å². The second-order valence-electron chi connectivity index (χ2n) is 5.43. The van der Waals surface area contributed by atoms with Crippen LogP contribution in [0.4, 0.5) is 18.9 Å². The van der Waals surface area contributed by atoms with Crippen LogP contribution in [0, 0.1) is 17.5 Å². The summed E-state index contributed by atoms with van der Waals surface area (Å²) < 4.78 is 41.1. The van der Waals surface area contributed by atoms with Crippen LogP contribution in [0.25, 0.3) is 0 Å². The zero-order valence-electron chi connectivity index (χ0n) is 11.4. The van der Waals surface area contributed by atoms with Gasteiger partial charge >= 0.3 is 0 Å². The third-order valence-corrected chi connectivity index (χ3v) is 2.68. The van der Waals surface area contributed by atoms with Crippen LogP contribution in [0.5, 0.6) is 0 Å². The van der Waals surface area contributed by atoms with Crippen LogP contribution in [0.15, 0.2) is 18.3 Å². The van der Waals surface area contributed by atoms with E-state index in [2.05, 4.69) is 15.6 Å². The van der Waals surface area contributed by atoms with E-state index in [0.29, 0.717) is 11.8 Å². The zero-order chi connectivity index (χ0) is 14.9. The van der Waals surface area contributed by atoms with Gasteiger partial charge in [-0.15, -0.1) is 5.10 Å². The zero-order valence-corrected chi connectivity index (χ0v) is 11.4. The molecule has 0 aliphatic heterocycles. The number of halogens is 3. The summed E-state index contributed by atoms with van der Waals surface area (Å²) in [6.07, 6.45) is 1.69. The van der Waals surface area contributed by atoms with Crippen molar-refractivity contribution in [2.75, 3.05) is 5.32 Å². The highest BCUT2D eigenvalue weighted by Crippen LogP contribution is 2.20. The summed E-state index contributed by atoms with van der Waals surface area (Å²) in [7, 11) is 0. The van der Waals surface area contributed by atoms with Gasteiger partial charge in [-0.3, -0.25) is 0 Å². The highest BCUT2D eigenvalue weighted by molar-refractivity contribution is 5.45. The van der Waals surface area contributed by atoms with Gasteiger partial charge in [0.15, 0.2) is 11.6 Å². The van der Waals surface area contributed by atoms with Crippen LogP contribution in [0.1, 0.15) is 26.5 Å². The smallest absolute Gasteiger partial charge is 0.182 e. The molecular weight excluding hydrogens is 269 g/mol. The Kier molecular flexibility index (Phi) is 3.69. The Morgan fingerprint density at radius 1 is 1.20 bits per heavy atom. The molecule has 0 saturated carbocycles. The molecule has 108 valence electrons. The number of nitrogens with zero attached hydrogens (tertiary/aromatic N) is 3. The third-order valence-electron chi connectivity index (χ3n) is 2.68. The van der Waals surface area contributed by atoms with Crippen molar-refractivity contribution in [2.24, 2.45) is 0 Å². The maximum Gasteiger partial charge on any atom is 0.182 e. The van der Waals surface area contributed by atoms with Gasteiger partial charge in [-0.1, -0.05) is 5.21 Å². The SMILES string of the molecule is CC(C)(C)n1cc(CNc2cc(F)cc(F)c2F)nn1. The Hall–Kier alpha value is -2.05. The van der Waals surface area contributed by atoms with Gasteiger partial charge in [0.25, 0.3) is 0 Å². The lowest BCUT2D eigenvalue weighted by atomic mass is 10.1. The molecule has 0 aliphatic rings. The molecule has 0 radical (unpaired) electrons. The first-order chi connectivity index (χ1) is 9.27. The van der Waals surface area contributed by atoms with E-state index < -0.39 is 17.5 Å². The van der Waals surface area contributed by atoms with Gasteiger partial charge < -0.3 is 5.32 Å². The molecule has 2 rings (SSSR count). The Balaban J connectivity index is 2.11. The van der Waals surface area contributed by atoms with Crippen LogP contribution in [-0.4, -0.2) is 15.0 Å². The van der Waals surface area contributed by atoms with Crippen LogP contribution in [0.3, 0.4) is 0 Å². The number of benzene rings is 1. The largest absolute Gasteiger partial charge is 0.377 e. The maximum absolute atomic E-state index is 13.4. The second-order valence-corrected chi connectivity index (χ2v) is 5.43. The van der Waals surface area contributed by atoms with Crippen molar-refractivity contribution in [1.29, 1.82) is 0 Å². The normalized spacial score (nSPS) is 11.7. The summed E-state index contributed by atoms with van der Waals surface area (Å²) in [5.74, 6) is -3.19. The standard InChI is InChI=1S/C13H15F3N4/c1-13(2,3)20-7-9(18-19-20)6-17-11-5-8(14)4-10(15)12(11)16/h4-5,7,17H,6H2,1-3H3. The van der Waals surface area contributed by atoms with Crippen LogP contribution < -0.4 is 5.32 Å². The molecule has 1 N–H and O–H groups in total. The highest BCUT2D eigenvalue weighted by Gasteiger charge is 2.16. The molecule has 0 bridgehead atoms. The van der Waals surface area contributed by atoms with Crippen LogP contribution >= 0.6 is 0 Å². The number of hydrogen-bond donors (Lipinski definition) is 1. The van der Waals surface area contributed by atoms with Gasteiger partial charge in [-0.25, -0.2) is 17.9 Å². The average molecular weight is 284 g/mol. The van der Waals surface area contributed by atoms with Crippen LogP contribution in [0.2, 0.25) is 0 Å². The van der Waals surface area contributed by atoms with Crippen molar-refractivity contribution in [2.45, 2.75) is 32.9 Å². The monoisotopic (exact) mass is 284 g/mol. The fourth-order valence-corrected chi connectivity index (χ4v) is 1.58. The molecule has 0 saturated heterocycles. The van der Waals surface area contributed by atoms with Crippen molar-refractivity contribution >= 4 is 5.69 Å². The minimum absolute atomic E-state index is 0.121. The van der Waals surface area contributed by atoms with Gasteiger partial charge in [0, 0.05) is 12.1 Å². The van der Waals surface area contributed by atoms with Crippen molar-refractivity contribution in [3.8, 4) is 0 Å². The molecule has 7 heteroatoms. The molecule has 0 fully saturated rings. The molecule has 0 amide bonds. The molecule has 0 spiro atoms. The topological polar surface area (TPSA) is 42.7 Å². The number of hydrogen-bond acceptors (Lipinski definition) is 3. The molecule has 1 heterocycles. The third kappa shape index (κ3) is 3.09. The first kappa shape index (κ1) is 14.4. The number of aromatic nitrogens is 3. The Morgan fingerprint density at radius 3 is 2.50 bits per heavy atom. The summed E-state index contributed by atoms with van der Waals surface area (Å²) in [5.41, 5.74) is 0.0818. The molecule has 0 aliphatic carbocycles. The van der Waals surface area contributed by atoms with E-state index in [-0.39, 0.29) is 17.8 Å². The molecule has 0 atom stereocenters. The highest BCUT2D eigenvalue weighted by atomic mass is 19.2. The Labute approximate surface area is 114 Å². The van der Waals surface area contributed by atoms with E-state index in [9.17, 15) is 13.2 Å². The molecule has 4 nitrogen and oxygen atoms in total. The fraction of sp³-hybridized carbons (Fsp3) is 0.385. The van der Waals surface area contributed by atoms with Gasteiger partial charge in [0.2, 0.25) is 0 Å². The molecule has 1 aromatic carbocycles. The summed E-state index contributed by atoms with van der Waals surface area (Å²) >= 11 is 0. The van der Waals surface area contributed by atoms with Gasteiger partial charge in [-0.2, -0.15) is 0 Å². The lowest BCUT2D eigenvalue weighted by molar-refractivity contribution is 0.347. The number of nitrogens with one attached hydrogen (secondary N) is 1. The predicted octanol–water partition coefficient (Wildman–Crippen LogP) is 3.06. The summed E-state index contributed by atoms with van der Waals surface area (Å²) in [4.78, 5) is 0. The maximum atomic E-state index is 13.4. The Bertz CT molecular complexity index is 617. The van der Waals surface area contributed by atoms with Gasteiger partial charge in [-0.05, 0) is 20.8 Å². The van der Waals surface area contributed by atoms with E-state index in [1.165, 1.54) is 0 Å². The van der Waals surface area contributed by atoms with E-state index >= 15 is 0 Å². The lowest BCUT2D eigenvalue weighted by Crippen LogP contribution is -2.22. The minimum atomic E-state index is -1.23. The van der Waals surface area contributed by atoms with Gasteiger partial charge in [0.1, 0.15) is 11.5 Å². The number of anilines is 1. The lowest BCUT2D eigenvalue weighted by Gasteiger charge is -2.17. The molecular formula is C13H15F3N4. The first-order valence-electron chi connectivity index (χ1n) is 6.07. The van der Waals surface area contributed by atoms with Gasteiger partial charge in [0.05, 0.1) is 24.0 Å². The van der Waals surface area contributed by atoms with Crippen molar-refractivity contribution < 1.29 is 13.2 Å². The van der Waals surface area contributed by atoms with E-state index in [0.717, 1.165) is 6.07 Å². The first-order valence-corrected chi connectivity index (χ1v) is 6.07. The molecule has 1 aromatic heterocycles. The van der Waals surface area contributed by atoms with Crippen LogP contribution in [-0.2, 0) is 12.1 Å². The van der Waals surface area contributed by atoms with Crippen molar-refractivity contribution in [3.63, 3.8) is 0 Å². The van der Waals surface area contributed by atoms with E-state index in [1.807, 2.05) is 20.8 Å². The summed E-state index contributed by atoms with van der Waals surface area (Å²) in [6.45, 7) is 6.00. The average Bonchev–Trinajstić information content (AvgIpc) is 2.80. The summed E-state index contributed by atoms with van der Waals surface area (Å²) in [6, 6.07) is 1.39. The fourth-order valence-electron chi connectivity index (χ4n) is 1.58. The van der Waals surface area contributed by atoms with E-state index in [4.69, 9.17) is 0 Å². The minimum Gasteiger partial charge on any atom is -0.377 e. The summed E-state index contributed by atoms with van der Waals surface area (Å²) in [5, 5.41) is 10.5. The van der Waals surface area contributed by atoms with Crippen molar-refractivity contribution in [1.82, 2.24) is 15.0 Å².